The van der Waals surface area contributed by atoms with Crippen molar-refractivity contribution >= 4 is 17.5 Å². The molecule has 1 unspecified atom stereocenters. The molecule has 1 atom stereocenters. The summed E-state index contributed by atoms with van der Waals surface area (Å²) in [7, 11) is 1.54. The fraction of sp³-hybridized carbons (Fsp3) is 0.211. The molecule has 0 bridgehead atoms. The number of benzene rings is 2. The van der Waals surface area contributed by atoms with Gasteiger partial charge in [0.15, 0.2) is 17.6 Å². The fourth-order valence-electron chi connectivity index (χ4n) is 2.35. The van der Waals surface area contributed by atoms with Gasteiger partial charge in [-0.1, -0.05) is 41.0 Å². The minimum absolute atomic E-state index is 0.0793. The Morgan fingerprint density at radius 2 is 1.89 bits per heavy atom. The molecule has 3 rings (SSSR count). The molecule has 0 aliphatic rings. The molecule has 8 heteroatoms. The molecule has 7 nitrogen and oxygen atoms in total. The monoisotopic (exact) mass is 387 g/mol. The molecule has 0 aliphatic carbocycles. The van der Waals surface area contributed by atoms with Gasteiger partial charge in [-0.25, -0.2) is 0 Å². The molecule has 0 saturated carbocycles. The summed E-state index contributed by atoms with van der Waals surface area (Å²) < 4.78 is 16.0. The Hall–Kier alpha value is -3.06. The van der Waals surface area contributed by atoms with Gasteiger partial charge in [-0.2, -0.15) is 4.98 Å². The lowest BCUT2D eigenvalue weighted by atomic mass is 10.2. The number of halogens is 1. The van der Waals surface area contributed by atoms with Crippen molar-refractivity contribution in [1.29, 1.82) is 0 Å². The van der Waals surface area contributed by atoms with Crippen LogP contribution in [0.15, 0.2) is 53.1 Å². The van der Waals surface area contributed by atoms with E-state index in [-0.39, 0.29) is 18.3 Å². The molecular weight excluding hydrogens is 370 g/mol. The molecule has 1 aromatic heterocycles. The number of ether oxygens (including phenoxy) is 2. The van der Waals surface area contributed by atoms with Crippen molar-refractivity contribution in [2.45, 2.75) is 19.6 Å². The number of hydrogen-bond acceptors (Lipinski definition) is 6. The van der Waals surface area contributed by atoms with E-state index in [4.69, 9.17) is 25.6 Å². The highest BCUT2D eigenvalue weighted by Crippen LogP contribution is 2.27. The maximum atomic E-state index is 12.3. The summed E-state index contributed by atoms with van der Waals surface area (Å²) in [5, 5.41) is 7.11. The van der Waals surface area contributed by atoms with Gasteiger partial charge < -0.3 is 19.3 Å². The van der Waals surface area contributed by atoms with Gasteiger partial charge in [-0.05, 0) is 31.2 Å². The maximum absolute atomic E-state index is 12.3. The van der Waals surface area contributed by atoms with E-state index in [2.05, 4.69) is 15.5 Å². The average molecular weight is 388 g/mol. The minimum atomic E-state index is -0.729. The highest BCUT2D eigenvalue weighted by Gasteiger charge is 2.18. The van der Waals surface area contributed by atoms with Gasteiger partial charge in [0.25, 0.3) is 5.91 Å². The van der Waals surface area contributed by atoms with Crippen molar-refractivity contribution in [1.82, 2.24) is 15.5 Å². The number of methoxy groups -OCH3 is 1. The number of aromatic nitrogens is 2. The van der Waals surface area contributed by atoms with E-state index in [1.54, 1.807) is 44.4 Å². The molecule has 140 valence electrons. The van der Waals surface area contributed by atoms with E-state index in [0.29, 0.717) is 27.9 Å². The fourth-order valence-corrected chi connectivity index (χ4v) is 2.57. The van der Waals surface area contributed by atoms with Crippen LogP contribution in [0.25, 0.3) is 11.4 Å². The first kappa shape index (κ1) is 18.7. The largest absolute Gasteiger partial charge is 0.493 e. The summed E-state index contributed by atoms with van der Waals surface area (Å²) in [5.74, 6) is 1.35. The molecule has 27 heavy (non-hydrogen) atoms. The second-order valence-electron chi connectivity index (χ2n) is 5.62. The third kappa shape index (κ3) is 4.57. The molecule has 0 radical (unpaired) electrons. The first-order valence-corrected chi connectivity index (χ1v) is 8.61. The Kier molecular flexibility index (Phi) is 5.93. The highest BCUT2D eigenvalue weighted by atomic mass is 35.5. The highest BCUT2D eigenvalue weighted by molar-refractivity contribution is 6.33. The summed E-state index contributed by atoms with van der Waals surface area (Å²) in [6.07, 6.45) is -0.729. The Morgan fingerprint density at radius 3 is 2.63 bits per heavy atom. The van der Waals surface area contributed by atoms with Crippen LogP contribution in [0.5, 0.6) is 11.5 Å². The van der Waals surface area contributed by atoms with Crippen molar-refractivity contribution in [2.75, 3.05) is 7.11 Å². The van der Waals surface area contributed by atoms with Crippen LogP contribution in [0, 0.1) is 0 Å². The molecule has 1 N–H and O–H groups in total. The molecule has 0 spiro atoms. The van der Waals surface area contributed by atoms with Crippen LogP contribution < -0.4 is 14.8 Å². The van der Waals surface area contributed by atoms with Gasteiger partial charge in [0, 0.05) is 5.56 Å². The van der Waals surface area contributed by atoms with Crippen molar-refractivity contribution < 1.29 is 18.8 Å². The molecule has 0 aliphatic heterocycles. The lowest BCUT2D eigenvalue weighted by Gasteiger charge is -2.16. The minimum Gasteiger partial charge on any atom is -0.493 e. The molecular formula is C19H18ClN3O4. The zero-order valence-electron chi connectivity index (χ0n) is 14.8. The van der Waals surface area contributed by atoms with Gasteiger partial charge in [0.2, 0.25) is 11.7 Å². The Labute approximate surface area is 161 Å². The van der Waals surface area contributed by atoms with Crippen molar-refractivity contribution in [2.24, 2.45) is 0 Å². The number of nitrogens with zero attached hydrogens (tertiary/aromatic N) is 2. The zero-order chi connectivity index (χ0) is 19.2. The topological polar surface area (TPSA) is 86.5 Å². The summed E-state index contributed by atoms with van der Waals surface area (Å²) in [4.78, 5) is 16.5. The third-order valence-electron chi connectivity index (χ3n) is 3.74. The summed E-state index contributed by atoms with van der Waals surface area (Å²) in [6.45, 7) is 1.72. The Bertz CT molecular complexity index is 929. The first-order valence-electron chi connectivity index (χ1n) is 8.23. The van der Waals surface area contributed by atoms with Gasteiger partial charge in [-0.3, -0.25) is 4.79 Å². The van der Waals surface area contributed by atoms with E-state index >= 15 is 0 Å². The van der Waals surface area contributed by atoms with Gasteiger partial charge in [0.1, 0.15) is 0 Å². The summed E-state index contributed by atoms with van der Waals surface area (Å²) >= 11 is 6.12. The molecule has 0 saturated heterocycles. The van der Waals surface area contributed by atoms with Crippen LogP contribution in [-0.4, -0.2) is 29.3 Å². The van der Waals surface area contributed by atoms with E-state index < -0.39 is 6.10 Å². The summed E-state index contributed by atoms with van der Waals surface area (Å²) in [5.41, 5.74) is 0.661. The molecule has 2 aromatic carbocycles. The predicted octanol–water partition coefficient (Wildman–Crippen LogP) is 3.48. The number of nitrogens with one attached hydrogen (secondary N) is 1. The first-order chi connectivity index (χ1) is 13.1. The van der Waals surface area contributed by atoms with Crippen LogP contribution >= 0.6 is 11.6 Å². The van der Waals surface area contributed by atoms with E-state index in [1.807, 2.05) is 18.2 Å². The smallest absolute Gasteiger partial charge is 0.261 e. The van der Waals surface area contributed by atoms with Crippen LogP contribution in [0.3, 0.4) is 0 Å². The second-order valence-corrected chi connectivity index (χ2v) is 6.03. The number of carbonyl (C=O) groups is 1. The van der Waals surface area contributed by atoms with Gasteiger partial charge in [0.05, 0.1) is 18.7 Å². The normalized spacial score (nSPS) is 11.7. The predicted molar refractivity (Wildman–Crippen MR) is 99.7 cm³/mol. The standard InChI is InChI=1S/C19H18ClN3O4/c1-12(26-16-10-6-5-9-15(16)25-2)19(24)21-11-17-22-18(23-27-17)13-7-3-4-8-14(13)20/h3-10,12H,11H2,1-2H3,(H,21,24). The molecule has 1 heterocycles. The quantitative estimate of drug-likeness (QED) is 0.667. The van der Waals surface area contributed by atoms with Crippen LogP contribution in [0.2, 0.25) is 5.02 Å². The van der Waals surface area contributed by atoms with Crippen molar-refractivity contribution in [3.63, 3.8) is 0 Å². The number of rotatable bonds is 7. The molecule has 1 amide bonds. The number of amides is 1. The maximum Gasteiger partial charge on any atom is 0.261 e. The van der Waals surface area contributed by atoms with Gasteiger partial charge in [-0.15, -0.1) is 0 Å². The van der Waals surface area contributed by atoms with E-state index in [0.717, 1.165) is 0 Å². The van der Waals surface area contributed by atoms with E-state index in [9.17, 15) is 4.79 Å². The van der Waals surface area contributed by atoms with Crippen molar-refractivity contribution in [3.8, 4) is 22.9 Å². The summed E-state index contributed by atoms with van der Waals surface area (Å²) in [6, 6.07) is 14.3. The lowest BCUT2D eigenvalue weighted by Crippen LogP contribution is -2.36. The number of para-hydroxylation sites is 2. The SMILES string of the molecule is COc1ccccc1OC(C)C(=O)NCc1nc(-c2ccccc2Cl)no1. The molecule has 3 aromatic rings. The Balaban J connectivity index is 1.58. The van der Waals surface area contributed by atoms with Crippen LogP contribution in [0.4, 0.5) is 0 Å². The number of carbonyl (C=O) groups excluding carboxylic acids is 1. The number of hydrogen-bond donors (Lipinski definition) is 1. The van der Waals surface area contributed by atoms with E-state index in [1.165, 1.54) is 0 Å². The van der Waals surface area contributed by atoms with Crippen LogP contribution in [0.1, 0.15) is 12.8 Å². The molecule has 0 fully saturated rings. The van der Waals surface area contributed by atoms with Gasteiger partial charge >= 0.3 is 0 Å². The lowest BCUT2D eigenvalue weighted by molar-refractivity contribution is -0.127. The van der Waals surface area contributed by atoms with Crippen molar-refractivity contribution in [3.05, 3.63) is 59.4 Å². The zero-order valence-corrected chi connectivity index (χ0v) is 15.6. The second kappa shape index (κ2) is 8.55. The van der Waals surface area contributed by atoms with Crippen LogP contribution in [-0.2, 0) is 11.3 Å². The Morgan fingerprint density at radius 1 is 1.19 bits per heavy atom. The third-order valence-corrected chi connectivity index (χ3v) is 4.07. The average Bonchev–Trinajstić information content (AvgIpc) is 3.15.